The van der Waals surface area contributed by atoms with Crippen LogP contribution in [0.15, 0.2) is 78.4 Å². The van der Waals surface area contributed by atoms with E-state index in [1.165, 1.54) is 22.3 Å². The average Bonchev–Trinajstić information content (AvgIpc) is 3.51. The van der Waals surface area contributed by atoms with Gasteiger partial charge in [0.25, 0.3) is 0 Å². The molecule has 0 spiro atoms. The van der Waals surface area contributed by atoms with E-state index >= 15 is 0 Å². The Bertz CT molecular complexity index is 966. The van der Waals surface area contributed by atoms with Crippen LogP contribution in [0.1, 0.15) is 24.5 Å². The molecule has 2 aliphatic rings. The minimum atomic E-state index is -0.355. The van der Waals surface area contributed by atoms with Gasteiger partial charge in [0.1, 0.15) is 31.1 Å². The Hall–Kier alpha value is -2.66. The van der Waals surface area contributed by atoms with E-state index in [0.29, 0.717) is 13.2 Å². The number of nitrogens with zero attached hydrogens (tertiary/aromatic N) is 1. The van der Waals surface area contributed by atoms with Crippen LogP contribution in [0, 0.1) is 5.21 Å². The third-order valence-electron chi connectivity index (χ3n) is 5.48. The fourth-order valence-corrected chi connectivity index (χ4v) is 3.80. The quantitative estimate of drug-likeness (QED) is 0.263. The standard InChI is InChI=1S/C26H29NO3/c1-4-23(19-8-6-5-7-9-19)26(21-12-15-24-25(18-21)30-24)20-10-13-22(14-11-20)29-17-16-27(2,3)28/h5-15,18,24-25H,4,16-17H2,1-3H3/b26-23-. The van der Waals surface area contributed by atoms with Crippen LogP contribution in [-0.2, 0) is 4.74 Å². The fourth-order valence-electron chi connectivity index (χ4n) is 3.80. The van der Waals surface area contributed by atoms with E-state index in [9.17, 15) is 5.21 Å². The van der Waals surface area contributed by atoms with Crippen molar-refractivity contribution in [3.05, 3.63) is 94.7 Å². The smallest absolute Gasteiger partial charge is 0.137 e. The van der Waals surface area contributed by atoms with Gasteiger partial charge in [0.05, 0.1) is 14.1 Å². The highest BCUT2D eigenvalue weighted by molar-refractivity contribution is 6.00. The number of hydroxylamine groups is 3. The number of quaternary nitrogens is 1. The highest BCUT2D eigenvalue weighted by atomic mass is 16.6. The topological polar surface area (TPSA) is 44.8 Å². The van der Waals surface area contributed by atoms with Gasteiger partial charge >= 0.3 is 0 Å². The van der Waals surface area contributed by atoms with E-state index in [1.807, 2.05) is 18.2 Å². The molecule has 0 radical (unpaired) electrons. The Morgan fingerprint density at radius 2 is 1.73 bits per heavy atom. The lowest BCUT2D eigenvalue weighted by Gasteiger charge is -2.33. The Morgan fingerprint density at radius 3 is 2.37 bits per heavy atom. The van der Waals surface area contributed by atoms with E-state index in [-0.39, 0.29) is 16.9 Å². The van der Waals surface area contributed by atoms with E-state index < -0.39 is 0 Å². The summed E-state index contributed by atoms with van der Waals surface area (Å²) in [6.07, 6.45) is 7.94. The van der Waals surface area contributed by atoms with Crippen molar-refractivity contribution in [2.75, 3.05) is 27.2 Å². The summed E-state index contributed by atoms with van der Waals surface area (Å²) in [4.78, 5) is 0. The summed E-state index contributed by atoms with van der Waals surface area (Å²) >= 11 is 0. The Kier molecular flexibility index (Phi) is 5.91. The number of rotatable bonds is 8. The highest BCUT2D eigenvalue weighted by Gasteiger charge is 2.37. The number of epoxide rings is 1. The lowest BCUT2D eigenvalue weighted by molar-refractivity contribution is -0.840. The highest BCUT2D eigenvalue weighted by Crippen LogP contribution is 2.40. The summed E-state index contributed by atoms with van der Waals surface area (Å²) in [5.74, 6) is 0.781. The van der Waals surface area contributed by atoms with Gasteiger partial charge in [0, 0.05) is 0 Å². The molecule has 4 heteroatoms. The molecule has 30 heavy (non-hydrogen) atoms. The van der Waals surface area contributed by atoms with Crippen molar-refractivity contribution in [3.63, 3.8) is 0 Å². The molecule has 1 aliphatic carbocycles. The first-order valence-corrected chi connectivity index (χ1v) is 10.6. The number of benzene rings is 2. The lowest BCUT2D eigenvalue weighted by atomic mass is 9.86. The normalized spacial score (nSPS) is 20.9. The number of hydrogen-bond donors (Lipinski definition) is 0. The first-order valence-electron chi connectivity index (χ1n) is 10.6. The zero-order valence-electron chi connectivity index (χ0n) is 17.9. The number of likely N-dealkylation sites (N-methyl/N-ethyl adjacent to an activating group) is 1. The predicted molar refractivity (Wildman–Crippen MR) is 122 cm³/mol. The maximum absolute atomic E-state index is 11.7. The van der Waals surface area contributed by atoms with Crippen molar-refractivity contribution in [3.8, 4) is 5.75 Å². The van der Waals surface area contributed by atoms with Crippen LogP contribution in [0.3, 0.4) is 0 Å². The molecule has 0 bridgehead atoms. The van der Waals surface area contributed by atoms with Crippen LogP contribution in [-0.4, -0.2) is 44.1 Å². The maximum Gasteiger partial charge on any atom is 0.137 e. The minimum absolute atomic E-state index is 0.199. The van der Waals surface area contributed by atoms with Crippen molar-refractivity contribution in [1.82, 2.24) is 0 Å². The average molecular weight is 404 g/mol. The summed E-state index contributed by atoms with van der Waals surface area (Å²) < 4.78 is 11.1. The largest absolute Gasteiger partial charge is 0.633 e. The molecule has 2 unspecified atom stereocenters. The molecule has 2 aromatic rings. The maximum atomic E-state index is 11.7. The van der Waals surface area contributed by atoms with Crippen molar-refractivity contribution < 1.29 is 14.1 Å². The molecular weight excluding hydrogens is 374 g/mol. The zero-order chi connectivity index (χ0) is 21.1. The van der Waals surface area contributed by atoms with Crippen LogP contribution in [0.4, 0.5) is 0 Å². The van der Waals surface area contributed by atoms with Gasteiger partial charge in [0.15, 0.2) is 0 Å². The van der Waals surface area contributed by atoms with Crippen molar-refractivity contribution >= 4 is 11.1 Å². The second-order valence-corrected chi connectivity index (χ2v) is 8.29. The summed E-state index contributed by atoms with van der Waals surface area (Å²) in [5, 5.41) is 11.7. The van der Waals surface area contributed by atoms with Crippen molar-refractivity contribution in [2.45, 2.75) is 25.6 Å². The predicted octanol–water partition coefficient (Wildman–Crippen LogP) is 5.22. The minimum Gasteiger partial charge on any atom is -0.633 e. The van der Waals surface area contributed by atoms with E-state index in [0.717, 1.165) is 17.7 Å². The molecule has 1 aliphatic heterocycles. The van der Waals surface area contributed by atoms with E-state index in [4.69, 9.17) is 9.47 Å². The molecule has 4 nitrogen and oxygen atoms in total. The summed E-state index contributed by atoms with van der Waals surface area (Å²) in [7, 11) is 3.25. The molecule has 1 saturated heterocycles. The third-order valence-corrected chi connectivity index (χ3v) is 5.48. The number of hydrogen-bond acceptors (Lipinski definition) is 3. The summed E-state index contributed by atoms with van der Waals surface area (Å²) in [6.45, 7) is 3.02. The van der Waals surface area contributed by atoms with Gasteiger partial charge in [-0.3, -0.25) is 0 Å². The van der Waals surface area contributed by atoms with Crippen molar-refractivity contribution in [1.29, 1.82) is 0 Å². The molecule has 0 amide bonds. The molecule has 2 aromatic carbocycles. The second-order valence-electron chi connectivity index (χ2n) is 8.29. The number of ether oxygens (including phenoxy) is 2. The SMILES string of the molecule is CC/C(=C(/C1=CC2OC2C=C1)c1ccc(OCC[N+](C)(C)[O-])cc1)c1ccccc1. The lowest BCUT2D eigenvalue weighted by Crippen LogP contribution is -2.36. The van der Waals surface area contributed by atoms with Gasteiger partial charge in [-0.1, -0.05) is 61.5 Å². The Labute approximate surface area is 178 Å². The molecule has 2 atom stereocenters. The molecule has 156 valence electrons. The van der Waals surface area contributed by atoms with Crippen LogP contribution >= 0.6 is 0 Å². The first kappa shape index (κ1) is 20.6. The van der Waals surface area contributed by atoms with Gasteiger partial charge in [-0.05, 0) is 52.5 Å². The van der Waals surface area contributed by atoms with Gasteiger partial charge in [-0.2, -0.15) is 0 Å². The summed E-state index contributed by atoms with van der Waals surface area (Å²) in [5.41, 5.74) is 6.13. The Balaban J connectivity index is 1.67. The number of fused-ring (bicyclic) bond motifs is 1. The van der Waals surface area contributed by atoms with Crippen LogP contribution in [0.2, 0.25) is 0 Å². The van der Waals surface area contributed by atoms with Crippen LogP contribution in [0.25, 0.3) is 11.1 Å². The molecule has 4 rings (SSSR count). The van der Waals surface area contributed by atoms with E-state index in [1.54, 1.807) is 14.1 Å². The van der Waals surface area contributed by atoms with Gasteiger partial charge in [-0.25, -0.2) is 0 Å². The number of allylic oxidation sites excluding steroid dienone is 4. The van der Waals surface area contributed by atoms with Crippen molar-refractivity contribution in [2.24, 2.45) is 0 Å². The monoisotopic (exact) mass is 403 g/mol. The van der Waals surface area contributed by atoms with E-state index in [2.05, 4.69) is 61.5 Å². The third kappa shape index (κ3) is 4.90. The molecule has 1 fully saturated rings. The van der Waals surface area contributed by atoms with Crippen LogP contribution < -0.4 is 4.74 Å². The van der Waals surface area contributed by atoms with Gasteiger partial charge in [0.2, 0.25) is 0 Å². The van der Waals surface area contributed by atoms with Gasteiger partial charge in [-0.15, -0.1) is 0 Å². The zero-order valence-corrected chi connectivity index (χ0v) is 17.9. The van der Waals surface area contributed by atoms with Gasteiger partial charge < -0.3 is 19.3 Å². The molecule has 0 N–H and O–H groups in total. The van der Waals surface area contributed by atoms with Crippen LogP contribution in [0.5, 0.6) is 5.75 Å². The molecule has 0 aromatic heterocycles. The molecule has 0 saturated carbocycles. The molecule has 1 heterocycles. The second kappa shape index (κ2) is 8.60. The molecular formula is C26H29NO3. The first-order chi connectivity index (χ1) is 14.4. The Morgan fingerprint density at radius 1 is 1.00 bits per heavy atom. The summed E-state index contributed by atoms with van der Waals surface area (Å²) in [6, 6.07) is 18.7. The fraction of sp³-hybridized carbons (Fsp3) is 0.308.